The molecule has 2 rings (SSSR count). The summed E-state index contributed by atoms with van der Waals surface area (Å²) in [4.78, 5) is 10.3. The third-order valence-corrected chi connectivity index (χ3v) is 3.22. The molecule has 6 nitrogen and oxygen atoms in total. The van der Waals surface area contributed by atoms with E-state index in [1.165, 1.54) is 6.07 Å². The van der Waals surface area contributed by atoms with Crippen LogP contribution in [0.3, 0.4) is 0 Å². The second-order valence-electron chi connectivity index (χ2n) is 4.65. The van der Waals surface area contributed by atoms with E-state index >= 15 is 0 Å². The lowest BCUT2D eigenvalue weighted by molar-refractivity contribution is -0.384. The number of nitrogens with one attached hydrogen (secondary N) is 1. The summed E-state index contributed by atoms with van der Waals surface area (Å²) in [6, 6.07) is 5.05. The highest BCUT2D eigenvalue weighted by Crippen LogP contribution is 2.30. The van der Waals surface area contributed by atoms with E-state index in [4.69, 9.17) is 11.6 Å². The summed E-state index contributed by atoms with van der Waals surface area (Å²) < 4.78 is 1.82. The van der Waals surface area contributed by atoms with Gasteiger partial charge in [0.05, 0.1) is 11.5 Å². The molecule has 1 N–H and O–H groups in total. The Bertz CT molecular complexity index is 613. The monoisotopic (exact) mass is 294 g/mol. The molecule has 1 aromatic heterocycles. The number of nitro benzene ring substituents is 1. The van der Waals surface area contributed by atoms with Crippen molar-refractivity contribution in [1.82, 2.24) is 9.78 Å². The van der Waals surface area contributed by atoms with Gasteiger partial charge in [0.25, 0.3) is 5.69 Å². The van der Waals surface area contributed by atoms with Gasteiger partial charge in [0.2, 0.25) is 0 Å². The normalized spacial score (nSPS) is 12.2. The number of anilines is 1. The number of halogens is 1. The molecular weight excluding hydrogens is 280 g/mol. The molecule has 106 valence electrons. The molecule has 0 bridgehead atoms. The van der Waals surface area contributed by atoms with Crippen LogP contribution in [0, 0.1) is 17.0 Å². The standard InChI is InChI=1S/C13H15ClN4O2/c1-9-6-13(18(19)20)11(14)7-12(9)16-10(2)8-17-5-3-4-15-17/h3-7,10,16H,8H2,1-2H3. The summed E-state index contributed by atoms with van der Waals surface area (Å²) in [5.41, 5.74) is 1.50. The van der Waals surface area contributed by atoms with Crippen LogP contribution in [0.4, 0.5) is 11.4 Å². The molecule has 0 aliphatic rings. The molecule has 0 aliphatic carbocycles. The van der Waals surface area contributed by atoms with Crippen LogP contribution >= 0.6 is 11.6 Å². The Morgan fingerprint density at radius 2 is 2.30 bits per heavy atom. The molecular formula is C13H15ClN4O2. The summed E-state index contributed by atoms with van der Waals surface area (Å²) >= 11 is 5.92. The first-order chi connectivity index (χ1) is 9.47. The van der Waals surface area contributed by atoms with Gasteiger partial charge < -0.3 is 5.32 Å². The lowest BCUT2D eigenvalue weighted by Crippen LogP contribution is -2.22. The fraction of sp³-hybridized carbons (Fsp3) is 0.308. The van der Waals surface area contributed by atoms with Gasteiger partial charge in [0.15, 0.2) is 0 Å². The SMILES string of the molecule is Cc1cc([N+](=O)[O-])c(Cl)cc1NC(C)Cn1cccn1. The molecule has 0 saturated heterocycles. The van der Waals surface area contributed by atoms with E-state index in [9.17, 15) is 10.1 Å². The molecule has 0 radical (unpaired) electrons. The van der Waals surface area contributed by atoms with Crippen molar-refractivity contribution in [2.45, 2.75) is 26.4 Å². The minimum Gasteiger partial charge on any atom is -0.380 e. The van der Waals surface area contributed by atoms with Gasteiger partial charge >= 0.3 is 0 Å². The van der Waals surface area contributed by atoms with Crippen molar-refractivity contribution in [3.8, 4) is 0 Å². The van der Waals surface area contributed by atoms with Gasteiger partial charge in [-0.05, 0) is 31.5 Å². The predicted molar refractivity (Wildman–Crippen MR) is 78.2 cm³/mol. The Labute approximate surface area is 121 Å². The molecule has 0 fully saturated rings. The molecule has 1 heterocycles. The molecule has 0 spiro atoms. The van der Waals surface area contributed by atoms with E-state index in [2.05, 4.69) is 10.4 Å². The van der Waals surface area contributed by atoms with Crippen LogP contribution in [-0.2, 0) is 6.54 Å². The molecule has 20 heavy (non-hydrogen) atoms. The van der Waals surface area contributed by atoms with Crippen molar-refractivity contribution in [2.75, 3.05) is 5.32 Å². The Balaban J connectivity index is 2.13. The number of hydrogen-bond acceptors (Lipinski definition) is 4. The lowest BCUT2D eigenvalue weighted by atomic mass is 10.1. The van der Waals surface area contributed by atoms with Gasteiger partial charge in [-0.25, -0.2) is 0 Å². The topological polar surface area (TPSA) is 73.0 Å². The summed E-state index contributed by atoms with van der Waals surface area (Å²) in [5.74, 6) is 0. The highest BCUT2D eigenvalue weighted by atomic mass is 35.5. The molecule has 1 unspecified atom stereocenters. The van der Waals surface area contributed by atoms with E-state index in [0.717, 1.165) is 11.3 Å². The quantitative estimate of drug-likeness (QED) is 0.678. The van der Waals surface area contributed by atoms with Gasteiger partial charge in [-0.15, -0.1) is 0 Å². The van der Waals surface area contributed by atoms with Crippen LogP contribution in [0.2, 0.25) is 5.02 Å². The average molecular weight is 295 g/mol. The summed E-state index contributed by atoms with van der Waals surface area (Å²) in [6.45, 7) is 4.52. The number of nitrogens with zero attached hydrogens (tertiary/aromatic N) is 3. The fourth-order valence-corrected chi connectivity index (χ4v) is 2.19. The van der Waals surface area contributed by atoms with E-state index < -0.39 is 4.92 Å². The van der Waals surface area contributed by atoms with Gasteiger partial charge in [0.1, 0.15) is 5.02 Å². The Kier molecular flexibility index (Phi) is 4.24. The predicted octanol–water partition coefficient (Wildman–Crippen LogP) is 3.25. The Morgan fingerprint density at radius 3 is 2.90 bits per heavy atom. The number of hydrogen-bond donors (Lipinski definition) is 1. The van der Waals surface area contributed by atoms with Gasteiger partial charge in [-0.2, -0.15) is 5.10 Å². The van der Waals surface area contributed by atoms with Crippen LogP contribution in [0.25, 0.3) is 0 Å². The van der Waals surface area contributed by atoms with E-state index in [1.54, 1.807) is 12.3 Å². The Hall–Kier alpha value is -2.08. The number of nitro groups is 1. The smallest absolute Gasteiger partial charge is 0.288 e. The van der Waals surface area contributed by atoms with E-state index in [1.807, 2.05) is 30.8 Å². The van der Waals surface area contributed by atoms with Crippen LogP contribution < -0.4 is 5.32 Å². The first-order valence-electron chi connectivity index (χ1n) is 6.16. The van der Waals surface area contributed by atoms with Gasteiger partial charge in [-0.3, -0.25) is 14.8 Å². The minimum absolute atomic E-state index is 0.0746. The largest absolute Gasteiger partial charge is 0.380 e. The van der Waals surface area contributed by atoms with Crippen molar-refractivity contribution in [3.05, 3.63) is 51.3 Å². The van der Waals surface area contributed by atoms with Crippen molar-refractivity contribution in [2.24, 2.45) is 0 Å². The summed E-state index contributed by atoms with van der Waals surface area (Å²) in [5, 5.41) is 18.4. The zero-order valence-corrected chi connectivity index (χ0v) is 12.0. The van der Waals surface area contributed by atoms with Crippen molar-refractivity contribution in [1.29, 1.82) is 0 Å². The van der Waals surface area contributed by atoms with E-state index in [0.29, 0.717) is 6.54 Å². The highest BCUT2D eigenvalue weighted by molar-refractivity contribution is 6.33. The zero-order valence-electron chi connectivity index (χ0n) is 11.2. The fourth-order valence-electron chi connectivity index (χ4n) is 1.96. The highest BCUT2D eigenvalue weighted by Gasteiger charge is 2.16. The zero-order chi connectivity index (χ0) is 14.7. The third-order valence-electron chi connectivity index (χ3n) is 2.91. The molecule has 0 amide bonds. The summed E-state index contributed by atoms with van der Waals surface area (Å²) in [6.07, 6.45) is 3.61. The molecule has 1 aromatic carbocycles. The first kappa shape index (κ1) is 14.3. The molecule has 0 saturated carbocycles. The molecule has 1 atom stereocenters. The maximum Gasteiger partial charge on any atom is 0.288 e. The maximum absolute atomic E-state index is 10.8. The van der Waals surface area contributed by atoms with Crippen LogP contribution in [-0.4, -0.2) is 20.7 Å². The number of aromatic nitrogens is 2. The minimum atomic E-state index is -0.480. The van der Waals surface area contributed by atoms with Crippen molar-refractivity contribution >= 4 is 23.0 Å². The lowest BCUT2D eigenvalue weighted by Gasteiger charge is -2.17. The van der Waals surface area contributed by atoms with Crippen molar-refractivity contribution in [3.63, 3.8) is 0 Å². The van der Waals surface area contributed by atoms with Crippen LogP contribution in [0.15, 0.2) is 30.6 Å². The second-order valence-corrected chi connectivity index (χ2v) is 5.06. The molecule has 0 aliphatic heterocycles. The number of aryl methyl sites for hydroxylation is 1. The summed E-state index contributed by atoms with van der Waals surface area (Å²) in [7, 11) is 0. The third kappa shape index (κ3) is 3.27. The van der Waals surface area contributed by atoms with Gasteiger partial charge in [-0.1, -0.05) is 11.6 Å². The molecule has 7 heteroatoms. The maximum atomic E-state index is 10.8. The first-order valence-corrected chi connectivity index (χ1v) is 6.53. The van der Waals surface area contributed by atoms with Crippen molar-refractivity contribution < 1.29 is 4.92 Å². The second kappa shape index (κ2) is 5.92. The van der Waals surface area contributed by atoms with E-state index in [-0.39, 0.29) is 16.8 Å². The number of rotatable bonds is 5. The Morgan fingerprint density at radius 1 is 1.55 bits per heavy atom. The number of benzene rings is 1. The van der Waals surface area contributed by atoms with Gasteiger partial charge in [0, 0.05) is 30.2 Å². The average Bonchev–Trinajstić information content (AvgIpc) is 2.85. The van der Waals surface area contributed by atoms with Crippen LogP contribution in [0.5, 0.6) is 0 Å². The molecule has 2 aromatic rings. The van der Waals surface area contributed by atoms with Crippen LogP contribution in [0.1, 0.15) is 12.5 Å².